The van der Waals surface area contributed by atoms with Crippen LogP contribution in [0.4, 0.5) is 11.4 Å². The van der Waals surface area contributed by atoms with Crippen LogP contribution in [0.3, 0.4) is 0 Å². The molecule has 0 aliphatic heterocycles. The number of carbonyl (C=O) groups excluding carboxylic acids is 2. The van der Waals surface area contributed by atoms with Crippen LogP contribution in [0, 0.1) is 16.0 Å². The van der Waals surface area contributed by atoms with E-state index in [1.54, 1.807) is 48.2 Å². The third-order valence-electron chi connectivity index (χ3n) is 4.63. The van der Waals surface area contributed by atoms with Crippen LogP contribution in [0.2, 0.25) is 0 Å². The van der Waals surface area contributed by atoms with Gasteiger partial charge in [0, 0.05) is 24.4 Å². The van der Waals surface area contributed by atoms with Crippen molar-refractivity contribution in [3.63, 3.8) is 0 Å². The molecule has 7 nitrogen and oxygen atoms in total. The highest BCUT2D eigenvalue weighted by atomic mass is 16.6. The Kier molecular flexibility index (Phi) is 6.03. The van der Waals surface area contributed by atoms with E-state index in [1.807, 2.05) is 0 Å². The number of rotatable bonds is 8. The van der Waals surface area contributed by atoms with Crippen molar-refractivity contribution in [1.29, 1.82) is 0 Å². The molecule has 2 aromatic carbocycles. The third-order valence-corrected chi connectivity index (χ3v) is 4.63. The smallest absolute Gasteiger partial charge is 0.338 e. The largest absolute Gasteiger partial charge is 0.462 e. The predicted octanol–water partition coefficient (Wildman–Crippen LogP) is 3.76. The SMILES string of the molecule is CCOC(=O)c1ccc(N(CC2CC2)C(=O)Cc2ccc([N+](=O)[O-])cc2)cc1. The second kappa shape index (κ2) is 8.65. The lowest BCUT2D eigenvalue weighted by Crippen LogP contribution is -2.34. The molecule has 3 rings (SSSR count). The van der Waals surface area contributed by atoms with E-state index in [0.29, 0.717) is 24.6 Å². The van der Waals surface area contributed by atoms with E-state index in [0.717, 1.165) is 24.1 Å². The van der Waals surface area contributed by atoms with Gasteiger partial charge in [0.25, 0.3) is 5.69 Å². The average molecular weight is 382 g/mol. The Morgan fingerprint density at radius 1 is 1.11 bits per heavy atom. The van der Waals surface area contributed by atoms with Crippen molar-refractivity contribution in [2.45, 2.75) is 26.2 Å². The molecule has 0 N–H and O–H groups in total. The Hall–Kier alpha value is -3.22. The molecule has 0 saturated heterocycles. The van der Waals surface area contributed by atoms with Gasteiger partial charge < -0.3 is 9.64 Å². The van der Waals surface area contributed by atoms with Crippen molar-refractivity contribution in [1.82, 2.24) is 0 Å². The highest BCUT2D eigenvalue weighted by Gasteiger charge is 2.28. The minimum atomic E-state index is -0.462. The number of benzene rings is 2. The topological polar surface area (TPSA) is 89.8 Å². The van der Waals surface area contributed by atoms with Crippen molar-refractivity contribution in [3.05, 3.63) is 69.8 Å². The lowest BCUT2D eigenvalue weighted by Gasteiger charge is -2.23. The molecule has 1 saturated carbocycles. The summed E-state index contributed by atoms with van der Waals surface area (Å²) >= 11 is 0. The van der Waals surface area contributed by atoms with Gasteiger partial charge in [0.2, 0.25) is 5.91 Å². The summed E-state index contributed by atoms with van der Waals surface area (Å²) in [7, 11) is 0. The lowest BCUT2D eigenvalue weighted by atomic mass is 10.1. The molecule has 1 aliphatic carbocycles. The molecule has 0 spiro atoms. The van der Waals surface area contributed by atoms with Gasteiger partial charge in [-0.15, -0.1) is 0 Å². The zero-order valence-electron chi connectivity index (χ0n) is 15.7. The van der Waals surface area contributed by atoms with Gasteiger partial charge >= 0.3 is 5.97 Å². The monoisotopic (exact) mass is 382 g/mol. The Labute approximate surface area is 163 Å². The number of ether oxygens (including phenoxy) is 1. The Balaban J connectivity index is 1.74. The molecule has 0 radical (unpaired) electrons. The highest BCUT2D eigenvalue weighted by molar-refractivity contribution is 5.96. The Morgan fingerprint density at radius 2 is 1.75 bits per heavy atom. The van der Waals surface area contributed by atoms with E-state index < -0.39 is 4.92 Å². The fourth-order valence-corrected chi connectivity index (χ4v) is 2.91. The van der Waals surface area contributed by atoms with E-state index >= 15 is 0 Å². The minimum absolute atomic E-state index is 0.000546. The molecule has 1 amide bonds. The number of anilines is 1. The number of carbonyl (C=O) groups is 2. The first-order chi connectivity index (χ1) is 13.5. The first-order valence-corrected chi connectivity index (χ1v) is 9.28. The van der Waals surface area contributed by atoms with Gasteiger partial charge in [-0.3, -0.25) is 14.9 Å². The van der Waals surface area contributed by atoms with E-state index in [9.17, 15) is 19.7 Å². The van der Waals surface area contributed by atoms with Crippen LogP contribution in [-0.4, -0.2) is 30.0 Å². The standard InChI is InChI=1S/C21H22N2O5/c1-2-28-21(25)17-7-11-18(12-8-17)22(14-16-3-4-16)20(24)13-15-5-9-19(10-6-15)23(26)27/h5-12,16H,2-4,13-14H2,1H3. The maximum Gasteiger partial charge on any atom is 0.338 e. The van der Waals surface area contributed by atoms with Crippen LogP contribution >= 0.6 is 0 Å². The molecule has 0 heterocycles. The van der Waals surface area contributed by atoms with Gasteiger partial charge in [0.05, 0.1) is 23.5 Å². The van der Waals surface area contributed by atoms with Gasteiger partial charge in [0.1, 0.15) is 0 Å². The maximum absolute atomic E-state index is 12.9. The summed E-state index contributed by atoms with van der Waals surface area (Å²) in [4.78, 5) is 36.8. The van der Waals surface area contributed by atoms with Crippen LogP contribution < -0.4 is 4.90 Å². The average Bonchev–Trinajstić information content (AvgIpc) is 3.51. The molecule has 1 aliphatic rings. The number of esters is 1. The molecule has 0 atom stereocenters. The van der Waals surface area contributed by atoms with Crippen LogP contribution in [0.15, 0.2) is 48.5 Å². The zero-order valence-corrected chi connectivity index (χ0v) is 15.7. The molecule has 0 bridgehead atoms. The van der Waals surface area contributed by atoms with Crippen molar-refractivity contribution in [2.75, 3.05) is 18.1 Å². The quantitative estimate of drug-likeness (QED) is 0.394. The predicted molar refractivity (Wildman–Crippen MR) is 104 cm³/mol. The van der Waals surface area contributed by atoms with E-state index in [2.05, 4.69) is 0 Å². The maximum atomic E-state index is 12.9. The normalized spacial score (nSPS) is 13.0. The fourth-order valence-electron chi connectivity index (χ4n) is 2.91. The lowest BCUT2D eigenvalue weighted by molar-refractivity contribution is -0.384. The van der Waals surface area contributed by atoms with Crippen LogP contribution in [0.25, 0.3) is 0 Å². The van der Waals surface area contributed by atoms with E-state index in [1.165, 1.54) is 12.1 Å². The number of non-ortho nitro benzene ring substituents is 1. The molecule has 28 heavy (non-hydrogen) atoms. The molecule has 7 heteroatoms. The number of nitro groups is 1. The molecular weight excluding hydrogens is 360 g/mol. The summed E-state index contributed by atoms with van der Waals surface area (Å²) in [5.74, 6) is 0.0233. The van der Waals surface area contributed by atoms with Gasteiger partial charge in [-0.05, 0) is 55.5 Å². The van der Waals surface area contributed by atoms with Crippen molar-refractivity contribution in [2.24, 2.45) is 5.92 Å². The first kappa shape index (κ1) is 19.5. The van der Waals surface area contributed by atoms with Crippen LogP contribution in [-0.2, 0) is 16.0 Å². The van der Waals surface area contributed by atoms with Crippen molar-refractivity contribution < 1.29 is 19.2 Å². The van der Waals surface area contributed by atoms with Gasteiger partial charge in [-0.2, -0.15) is 0 Å². The minimum Gasteiger partial charge on any atom is -0.462 e. The third kappa shape index (κ3) is 4.94. The summed E-state index contributed by atoms with van der Waals surface area (Å²) in [6.45, 7) is 2.69. The Bertz CT molecular complexity index is 857. The highest BCUT2D eigenvalue weighted by Crippen LogP contribution is 2.32. The summed E-state index contributed by atoms with van der Waals surface area (Å²) in [5, 5.41) is 10.8. The zero-order chi connectivity index (χ0) is 20.1. The molecular formula is C21H22N2O5. The molecule has 1 fully saturated rings. The van der Waals surface area contributed by atoms with Gasteiger partial charge in [-0.25, -0.2) is 4.79 Å². The van der Waals surface area contributed by atoms with Gasteiger partial charge in [-0.1, -0.05) is 12.1 Å². The Morgan fingerprint density at radius 3 is 2.29 bits per heavy atom. The molecule has 2 aromatic rings. The van der Waals surface area contributed by atoms with Crippen LogP contribution in [0.5, 0.6) is 0 Å². The first-order valence-electron chi connectivity index (χ1n) is 9.28. The second-order valence-corrected chi connectivity index (χ2v) is 6.82. The fraction of sp³-hybridized carbons (Fsp3) is 0.333. The second-order valence-electron chi connectivity index (χ2n) is 6.82. The van der Waals surface area contributed by atoms with E-state index in [4.69, 9.17) is 4.74 Å². The summed E-state index contributed by atoms with van der Waals surface area (Å²) in [5.41, 5.74) is 1.90. The number of hydrogen-bond acceptors (Lipinski definition) is 5. The summed E-state index contributed by atoms with van der Waals surface area (Å²) in [6, 6.07) is 12.8. The molecule has 0 unspecified atom stereocenters. The molecule has 146 valence electrons. The van der Waals surface area contributed by atoms with Crippen molar-refractivity contribution >= 4 is 23.3 Å². The molecule has 0 aromatic heterocycles. The number of amides is 1. The summed E-state index contributed by atoms with van der Waals surface area (Å²) < 4.78 is 4.99. The van der Waals surface area contributed by atoms with Crippen LogP contribution in [0.1, 0.15) is 35.7 Å². The number of nitrogens with zero attached hydrogens (tertiary/aromatic N) is 2. The van der Waals surface area contributed by atoms with Gasteiger partial charge in [0.15, 0.2) is 0 Å². The van der Waals surface area contributed by atoms with E-state index in [-0.39, 0.29) is 24.0 Å². The van der Waals surface area contributed by atoms with Crippen molar-refractivity contribution in [3.8, 4) is 0 Å². The summed E-state index contributed by atoms with van der Waals surface area (Å²) in [6.07, 6.45) is 2.36. The number of nitro benzene ring substituents is 1. The number of hydrogen-bond donors (Lipinski definition) is 0.